The van der Waals surface area contributed by atoms with Gasteiger partial charge < -0.3 is 14.6 Å². The van der Waals surface area contributed by atoms with E-state index in [1.807, 2.05) is 52.0 Å². The summed E-state index contributed by atoms with van der Waals surface area (Å²) in [5.41, 5.74) is 3.96. The summed E-state index contributed by atoms with van der Waals surface area (Å²) >= 11 is 0. The largest absolute Gasteiger partial charge is 0.496 e. The van der Waals surface area contributed by atoms with Crippen molar-refractivity contribution in [1.82, 2.24) is 0 Å². The van der Waals surface area contributed by atoms with Crippen LogP contribution in [0, 0.1) is 20.8 Å². The van der Waals surface area contributed by atoms with Crippen LogP contribution in [0.25, 0.3) is 6.08 Å². The van der Waals surface area contributed by atoms with Crippen molar-refractivity contribution in [1.29, 1.82) is 0 Å². The summed E-state index contributed by atoms with van der Waals surface area (Å²) in [4.78, 5) is 23.5. The van der Waals surface area contributed by atoms with E-state index >= 15 is 0 Å². The molecule has 0 bridgehead atoms. The van der Waals surface area contributed by atoms with Gasteiger partial charge in [-0.2, -0.15) is 13.2 Å². The Morgan fingerprint density at radius 1 is 0.946 bits per heavy atom. The topological polar surface area (TPSA) is 72.8 Å². The first kappa shape index (κ1) is 29.2. The number of aromatic carboxylic acids is 1. The second-order valence-corrected chi connectivity index (χ2v) is 8.49. The third-order valence-corrected chi connectivity index (χ3v) is 5.65. The number of carboxylic acids is 1. The minimum absolute atomic E-state index is 0.429. The maximum atomic E-state index is 12.9. The molecule has 0 fully saturated rings. The van der Waals surface area contributed by atoms with Crippen LogP contribution in [-0.2, 0) is 11.0 Å². The molecule has 8 heteroatoms. The van der Waals surface area contributed by atoms with Crippen LogP contribution in [0.4, 0.5) is 13.2 Å². The van der Waals surface area contributed by atoms with E-state index in [1.54, 1.807) is 26.2 Å². The monoisotopic (exact) mass is 514 g/mol. The molecule has 0 saturated heterocycles. The van der Waals surface area contributed by atoms with Gasteiger partial charge >= 0.3 is 18.1 Å². The Bertz CT molecular complexity index is 1310. The molecule has 2 aromatic rings. The average Bonchev–Trinajstić information content (AvgIpc) is 2.80. The summed E-state index contributed by atoms with van der Waals surface area (Å²) in [6.07, 6.45) is 5.62. The van der Waals surface area contributed by atoms with Crippen LogP contribution in [0.15, 0.2) is 65.8 Å². The highest BCUT2D eigenvalue weighted by atomic mass is 19.4. The van der Waals surface area contributed by atoms with E-state index in [1.165, 1.54) is 0 Å². The van der Waals surface area contributed by atoms with Gasteiger partial charge in [-0.25, -0.2) is 9.59 Å². The third kappa shape index (κ3) is 7.96. The van der Waals surface area contributed by atoms with Crippen molar-refractivity contribution in [3.8, 4) is 11.5 Å². The Labute approximate surface area is 214 Å². The van der Waals surface area contributed by atoms with Gasteiger partial charge in [-0.05, 0) is 86.7 Å². The van der Waals surface area contributed by atoms with Gasteiger partial charge in [0, 0.05) is 6.08 Å². The van der Waals surface area contributed by atoms with E-state index < -0.39 is 35.0 Å². The van der Waals surface area contributed by atoms with Crippen LogP contribution in [0.1, 0.15) is 52.0 Å². The number of rotatable bonds is 8. The molecule has 0 atom stereocenters. The molecule has 0 saturated carbocycles. The number of halogens is 3. The molecule has 0 aliphatic carbocycles. The quantitative estimate of drug-likeness (QED) is 0.172. The molecular weight excluding hydrogens is 485 g/mol. The van der Waals surface area contributed by atoms with Crippen molar-refractivity contribution in [3.05, 3.63) is 99.2 Å². The van der Waals surface area contributed by atoms with E-state index in [4.69, 9.17) is 9.47 Å². The maximum absolute atomic E-state index is 12.9. The number of carbonyl (C=O) groups excluding carboxylic acids is 1. The van der Waals surface area contributed by atoms with Crippen LogP contribution in [-0.4, -0.2) is 24.2 Å². The first-order valence-electron chi connectivity index (χ1n) is 11.3. The lowest BCUT2D eigenvalue weighted by molar-refractivity contribution is -0.137. The van der Waals surface area contributed by atoms with Gasteiger partial charge in [0.05, 0.1) is 12.7 Å². The molecule has 0 aromatic heterocycles. The van der Waals surface area contributed by atoms with Gasteiger partial charge in [0.25, 0.3) is 0 Å². The van der Waals surface area contributed by atoms with Crippen molar-refractivity contribution in [2.75, 3.05) is 7.11 Å². The highest BCUT2D eigenvalue weighted by molar-refractivity contribution is 5.93. The molecule has 37 heavy (non-hydrogen) atoms. The van der Waals surface area contributed by atoms with Crippen LogP contribution in [0.3, 0.4) is 0 Å². The normalized spacial score (nSPS) is 12.9. The summed E-state index contributed by atoms with van der Waals surface area (Å²) < 4.78 is 48.9. The number of hydrogen-bond acceptors (Lipinski definition) is 4. The number of esters is 1. The molecule has 0 aliphatic heterocycles. The Morgan fingerprint density at radius 2 is 1.62 bits per heavy atom. The van der Waals surface area contributed by atoms with E-state index in [0.717, 1.165) is 45.7 Å². The van der Waals surface area contributed by atoms with Crippen molar-refractivity contribution < 1.29 is 37.3 Å². The smallest absolute Gasteiger partial charge is 0.416 e. The van der Waals surface area contributed by atoms with Gasteiger partial charge in [0.2, 0.25) is 0 Å². The third-order valence-electron chi connectivity index (χ3n) is 5.65. The summed E-state index contributed by atoms with van der Waals surface area (Å²) in [7, 11) is 1.65. The Morgan fingerprint density at radius 3 is 2.22 bits per heavy atom. The second-order valence-electron chi connectivity index (χ2n) is 8.49. The number of methoxy groups -OCH3 is 1. The fourth-order valence-corrected chi connectivity index (χ4v) is 3.49. The molecule has 0 heterocycles. The van der Waals surface area contributed by atoms with Crippen LogP contribution in [0.5, 0.6) is 11.5 Å². The van der Waals surface area contributed by atoms with Gasteiger partial charge in [0.1, 0.15) is 17.1 Å². The predicted molar refractivity (Wildman–Crippen MR) is 137 cm³/mol. The van der Waals surface area contributed by atoms with Crippen molar-refractivity contribution in [3.63, 3.8) is 0 Å². The molecule has 0 spiro atoms. The highest BCUT2D eigenvalue weighted by Gasteiger charge is 2.32. The van der Waals surface area contributed by atoms with E-state index in [-0.39, 0.29) is 0 Å². The number of ether oxygens (including phenoxy) is 2. The number of allylic oxidation sites excluding steroid dienone is 6. The molecule has 0 unspecified atom stereocenters. The van der Waals surface area contributed by atoms with Gasteiger partial charge in [0.15, 0.2) is 0 Å². The lowest BCUT2D eigenvalue weighted by Gasteiger charge is -2.13. The first-order chi connectivity index (χ1) is 17.2. The number of carbonyl (C=O) groups is 2. The van der Waals surface area contributed by atoms with E-state index in [0.29, 0.717) is 17.7 Å². The first-order valence-corrected chi connectivity index (χ1v) is 11.3. The zero-order valence-electron chi connectivity index (χ0n) is 21.5. The van der Waals surface area contributed by atoms with E-state index in [2.05, 4.69) is 0 Å². The molecular formula is C29H29F3O5. The van der Waals surface area contributed by atoms with Gasteiger partial charge in [-0.1, -0.05) is 36.0 Å². The van der Waals surface area contributed by atoms with Crippen molar-refractivity contribution in [2.24, 2.45) is 0 Å². The Kier molecular flexibility index (Phi) is 9.66. The predicted octanol–water partition coefficient (Wildman–Crippen LogP) is 7.41. The minimum Gasteiger partial charge on any atom is -0.496 e. The van der Waals surface area contributed by atoms with Crippen molar-refractivity contribution >= 4 is 18.0 Å². The zero-order chi connectivity index (χ0) is 27.9. The molecule has 2 rings (SSSR count). The Hall–Kier alpha value is -4.07. The summed E-state index contributed by atoms with van der Waals surface area (Å²) in [6.45, 7) is 9.63. The van der Waals surface area contributed by atoms with Crippen LogP contribution in [0.2, 0.25) is 0 Å². The number of hydrogen-bond donors (Lipinski definition) is 1. The minimum atomic E-state index is -4.72. The highest BCUT2D eigenvalue weighted by Crippen LogP contribution is 2.33. The second kappa shape index (κ2) is 12.3. The lowest BCUT2D eigenvalue weighted by atomic mass is 9.96. The molecule has 0 radical (unpaired) electrons. The summed E-state index contributed by atoms with van der Waals surface area (Å²) in [5, 5.41) is 9.20. The van der Waals surface area contributed by atoms with E-state index in [9.17, 15) is 27.9 Å². The van der Waals surface area contributed by atoms with Crippen molar-refractivity contribution in [2.45, 2.75) is 40.8 Å². The Balaban J connectivity index is 2.12. The fraction of sp³-hybridized carbons (Fsp3) is 0.241. The SMILES string of the molecule is COc1cc(C)c(C=CC(C)=CC=CC(C)=CC(=O)Oc2ccc(C(F)(F)F)cc2C(=O)O)c(C)c1C. The molecule has 196 valence electrons. The van der Waals surface area contributed by atoms with Crippen LogP contribution >= 0.6 is 0 Å². The summed E-state index contributed by atoms with van der Waals surface area (Å²) in [6, 6.07) is 3.90. The zero-order valence-corrected chi connectivity index (χ0v) is 21.5. The number of aryl methyl sites for hydroxylation is 1. The standard InChI is InChI=1S/C29H29F3O5/c1-17(10-12-23-19(3)15-26(36-6)21(5)20(23)4)8-7-9-18(2)14-27(33)37-25-13-11-22(29(30,31)32)16-24(25)28(34)35/h7-16H,1-6H3,(H,34,35). The molecule has 0 amide bonds. The maximum Gasteiger partial charge on any atom is 0.416 e. The number of carboxylic acid groups (broad SMARTS) is 1. The molecule has 5 nitrogen and oxygen atoms in total. The summed E-state index contributed by atoms with van der Waals surface area (Å²) in [5.74, 6) is -2.18. The molecule has 1 N–H and O–H groups in total. The lowest BCUT2D eigenvalue weighted by Crippen LogP contribution is -2.12. The molecule has 2 aromatic carbocycles. The molecule has 0 aliphatic rings. The van der Waals surface area contributed by atoms with Gasteiger partial charge in [-0.15, -0.1) is 0 Å². The van der Waals surface area contributed by atoms with Crippen LogP contribution < -0.4 is 9.47 Å². The average molecular weight is 515 g/mol. The number of benzene rings is 2. The fourth-order valence-electron chi connectivity index (χ4n) is 3.49. The van der Waals surface area contributed by atoms with Gasteiger partial charge in [-0.3, -0.25) is 0 Å². The number of alkyl halides is 3.